The van der Waals surface area contributed by atoms with Crippen molar-refractivity contribution in [3.8, 4) is 0 Å². The number of aryl methyl sites for hydroxylation is 2. The molecule has 0 spiro atoms. The molecule has 0 amide bonds. The summed E-state index contributed by atoms with van der Waals surface area (Å²) in [4.78, 5) is 5.30. The van der Waals surface area contributed by atoms with Crippen LogP contribution in [0.5, 0.6) is 0 Å². The first-order valence-corrected chi connectivity index (χ1v) is 13.9. The van der Waals surface area contributed by atoms with Crippen LogP contribution in [0.4, 0.5) is 0 Å². The van der Waals surface area contributed by atoms with Gasteiger partial charge in [-0.25, -0.2) is 0 Å². The molecular weight excluding hydrogens is 402 g/mol. The van der Waals surface area contributed by atoms with E-state index in [9.17, 15) is 0 Å². The SMILES string of the molecule is C=CC[CH-]CC.C[C@@H]1Cc2cc3c(cc2C1[Si](C)(C)[N-]C(C)(C)C)CCC3.[CH3-].[Ti+3]. The number of allylic oxidation sites excluding steroid dienone is 1. The molecule has 3 rings (SSSR count). The molecule has 1 aromatic rings. The van der Waals surface area contributed by atoms with Gasteiger partial charge in [0.05, 0.1) is 0 Å². The van der Waals surface area contributed by atoms with Crippen LogP contribution >= 0.6 is 0 Å². The first kappa shape index (κ1) is 28.9. The fraction of sp³-hybridized carbons (Fsp3) is 0.615. The van der Waals surface area contributed by atoms with Crippen LogP contribution < -0.4 is 0 Å². The van der Waals surface area contributed by atoms with E-state index in [1.54, 1.807) is 22.3 Å². The van der Waals surface area contributed by atoms with E-state index in [0.717, 1.165) is 18.8 Å². The van der Waals surface area contributed by atoms with Gasteiger partial charge in [-0.15, -0.1) is 18.2 Å². The number of hydrogen-bond donors (Lipinski definition) is 0. The van der Waals surface area contributed by atoms with E-state index in [2.05, 4.69) is 72.8 Å². The summed E-state index contributed by atoms with van der Waals surface area (Å²) in [5, 5.41) is 0. The van der Waals surface area contributed by atoms with Gasteiger partial charge in [0.2, 0.25) is 0 Å². The summed E-state index contributed by atoms with van der Waals surface area (Å²) < 4.78 is 0. The number of benzene rings is 1. The maximum absolute atomic E-state index is 5.30. The van der Waals surface area contributed by atoms with Crippen molar-refractivity contribution in [2.45, 2.75) is 97.3 Å². The molecule has 0 saturated heterocycles. The van der Waals surface area contributed by atoms with E-state index in [1.807, 2.05) is 6.08 Å². The number of rotatable bonds is 5. The molecule has 1 radical (unpaired) electrons. The number of unbranched alkanes of at least 4 members (excludes halogenated alkanes) is 2. The Balaban J connectivity index is 0.000000866. The molecule has 161 valence electrons. The van der Waals surface area contributed by atoms with Crippen LogP contribution in [0.1, 0.15) is 81.7 Å². The molecule has 2 atom stereocenters. The minimum atomic E-state index is -1.63. The van der Waals surface area contributed by atoms with Crippen molar-refractivity contribution in [2.75, 3.05) is 0 Å². The number of fused-ring (bicyclic) bond motifs is 2. The van der Waals surface area contributed by atoms with E-state index in [4.69, 9.17) is 4.98 Å². The van der Waals surface area contributed by atoms with Gasteiger partial charge in [-0.05, 0) is 59.4 Å². The molecule has 1 nitrogen and oxygen atoms in total. The third kappa shape index (κ3) is 7.80. The van der Waals surface area contributed by atoms with Crippen LogP contribution in [-0.2, 0) is 41.0 Å². The van der Waals surface area contributed by atoms with Crippen LogP contribution in [0.3, 0.4) is 0 Å². The molecule has 1 unspecified atom stereocenters. The van der Waals surface area contributed by atoms with Crippen LogP contribution in [0.15, 0.2) is 24.8 Å². The number of nitrogens with zero attached hydrogens (tertiary/aromatic N) is 1. The largest absolute Gasteiger partial charge is 3.00 e. The summed E-state index contributed by atoms with van der Waals surface area (Å²) in [7, 11) is -1.63. The van der Waals surface area contributed by atoms with Gasteiger partial charge < -0.3 is 18.8 Å². The van der Waals surface area contributed by atoms with Crippen LogP contribution in [0.2, 0.25) is 13.1 Å². The summed E-state index contributed by atoms with van der Waals surface area (Å²) in [6.07, 6.45) is 11.5. The van der Waals surface area contributed by atoms with Crippen molar-refractivity contribution < 1.29 is 21.7 Å². The van der Waals surface area contributed by atoms with Crippen molar-refractivity contribution in [3.05, 3.63) is 65.9 Å². The predicted octanol–water partition coefficient (Wildman–Crippen LogP) is 7.99. The molecule has 0 saturated carbocycles. The molecule has 0 aliphatic heterocycles. The minimum absolute atomic E-state index is 0. The Morgan fingerprint density at radius 3 is 2.24 bits per heavy atom. The first-order chi connectivity index (χ1) is 12.6. The standard InChI is InChI=1S/C19H30NSi.C6H11.CH3.Ti/c1-13-10-16-11-14-8-7-9-15(14)12-17(16)18(13)21(5,6)20-19(2,3)4;1-3-5-6-4-2;;/h11-13,18H,7-10H2,1-6H3;3,6H,1,4-5H2,2H3;1H3;/q3*-1;+3/t13-,18?;;;/m1.../s1. The zero-order valence-corrected chi connectivity index (χ0v) is 22.9. The first-order valence-electron chi connectivity index (χ1n) is 10.9. The second-order valence-electron chi connectivity index (χ2n) is 9.99. The second kappa shape index (κ2) is 12.0. The molecule has 0 bridgehead atoms. The van der Waals surface area contributed by atoms with E-state index in [-0.39, 0.29) is 34.7 Å². The quantitative estimate of drug-likeness (QED) is 0.188. The molecule has 3 heteroatoms. The van der Waals surface area contributed by atoms with Gasteiger partial charge >= 0.3 is 21.7 Å². The fourth-order valence-corrected chi connectivity index (χ4v) is 9.64. The summed E-state index contributed by atoms with van der Waals surface area (Å²) in [6.45, 7) is 19.9. The van der Waals surface area contributed by atoms with Crippen LogP contribution in [0, 0.1) is 19.8 Å². The minimum Gasteiger partial charge on any atom is -0.659 e. The van der Waals surface area contributed by atoms with E-state index < -0.39 is 8.24 Å². The van der Waals surface area contributed by atoms with Gasteiger partial charge in [-0.1, -0.05) is 68.1 Å². The molecule has 0 N–H and O–H groups in total. The molecular formula is C26H44NSiTi. The van der Waals surface area contributed by atoms with E-state index in [1.165, 1.54) is 25.7 Å². The van der Waals surface area contributed by atoms with Crippen LogP contribution in [0.25, 0.3) is 4.98 Å². The zero-order valence-electron chi connectivity index (χ0n) is 20.4. The van der Waals surface area contributed by atoms with E-state index in [0.29, 0.717) is 5.54 Å². The number of hydrogen-bond acceptors (Lipinski definition) is 0. The van der Waals surface area contributed by atoms with Gasteiger partial charge in [0.1, 0.15) is 0 Å². The van der Waals surface area contributed by atoms with Crippen molar-refractivity contribution >= 4 is 8.24 Å². The van der Waals surface area contributed by atoms with Gasteiger partial charge in [0, 0.05) is 0 Å². The summed E-state index contributed by atoms with van der Waals surface area (Å²) >= 11 is 0. The third-order valence-corrected chi connectivity index (χ3v) is 9.46. The molecule has 29 heavy (non-hydrogen) atoms. The Kier molecular flexibility index (Phi) is 12.0. The zero-order chi connectivity index (χ0) is 20.2. The van der Waals surface area contributed by atoms with Crippen molar-refractivity contribution in [1.82, 2.24) is 0 Å². The average Bonchev–Trinajstić information content (AvgIpc) is 3.11. The topological polar surface area (TPSA) is 14.1 Å². The van der Waals surface area contributed by atoms with Gasteiger partial charge in [0.25, 0.3) is 0 Å². The van der Waals surface area contributed by atoms with Gasteiger partial charge in [-0.2, -0.15) is 12.8 Å². The van der Waals surface area contributed by atoms with Crippen molar-refractivity contribution in [3.63, 3.8) is 0 Å². The maximum Gasteiger partial charge on any atom is 3.00 e. The molecule has 0 aromatic heterocycles. The molecule has 1 aromatic carbocycles. The fourth-order valence-electron chi connectivity index (χ4n) is 5.23. The monoisotopic (exact) mass is 446 g/mol. The smallest absolute Gasteiger partial charge is 0.659 e. The Bertz CT molecular complexity index is 645. The predicted molar refractivity (Wildman–Crippen MR) is 130 cm³/mol. The molecule has 2 aliphatic carbocycles. The van der Waals surface area contributed by atoms with Crippen molar-refractivity contribution in [2.24, 2.45) is 5.92 Å². The average molecular weight is 447 g/mol. The summed E-state index contributed by atoms with van der Waals surface area (Å²) in [5.41, 5.74) is 7.36. The Labute approximate surface area is 198 Å². The molecule has 0 heterocycles. The van der Waals surface area contributed by atoms with Crippen molar-refractivity contribution in [1.29, 1.82) is 0 Å². The molecule has 2 aliphatic rings. The van der Waals surface area contributed by atoms with Gasteiger partial charge in [-0.3, -0.25) is 0 Å². The van der Waals surface area contributed by atoms with Crippen LogP contribution in [-0.4, -0.2) is 13.8 Å². The summed E-state index contributed by atoms with van der Waals surface area (Å²) in [6, 6.07) is 5.11. The second-order valence-corrected chi connectivity index (χ2v) is 14.1. The third-order valence-electron chi connectivity index (χ3n) is 5.81. The normalized spacial score (nSPS) is 19.8. The molecule has 0 fully saturated rings. The van der Waals surface area contributed by atoms with Gasteiger partial charge in [0.15, 0.2) is 0 Å². The Hall–Kier alpha value is -0.149. The van der Waals surface area contributed by atoms with E-state index >= 15 is 0 Å². The Morgan fingerprint density at radius 2 is 1.76 bits per heavy atom. The maximum atomic E-state index is 5.30. The summed E-state index contributed by atoms with van der Waals surface area (Å²) in [5.74, 6) is 0.760. The Morgan fingerprint density at radius 1 is 1.17 bits per heavy atom.